The van der Waals surface area contributed by atoms with E-state index in [1.54, 1.807) is 31.1 Å². The molecule has 0 aliphatic heterocycles. The summed E-state index contributed by atoms with van der Waals surface area (Å²) in [5.74, 6) is -0.0786. The first-order valence-corrected chi connectivity index (χ1v) is 11.5. The van der Waals surface area contributed by atoms with Crippen LogP contribution >= 0.6 is 0 Å². The molecule has 6 heterocycles. The van der Waals surface area contributed by atoms with E-state index in [0.717, 1.165) is 50.1 Å². The molecule has 1 amide bonds. The molecule has 0 aromatic carbocycles. The molecule has 9 nitrogen and oxygen atoms in total. The van der Waals surface area contributed by atoms with Crippen molar-refractivity contribution in [2.24, 2.45) is 5.41 Å². The lowest BCUT2D eigenvalue weighted by molar-refractivity contribution is -0.123. The summed E-state index contributed by atoms with van der Waals surface area (Å²) in [6, 6.07) is 11.6. The first-order valence-electron chi connectivity index (χ1n) is 11.5. The molecule has 0 fully saturated rings. The minimum absolute atomic E-state index is 0.0786. The molecule has 0 bridgehead atoms. The Bertz CT molecular complexity index is 1720. The van der Waals surface area contributed by atoms with Crippen LogP contribution in [0, 0.1) is 5.41 Å². The number of pyridine rings is 3. The fraction of sp³-hybridized carbons (Fsp3) is 0.148. The molecule has 0 aliphatic rings. The summed E-state index contributed by atoms with van der Waals surface area (Å²) in [5.41, 5.74) is 7.36. The van der Waals surface area contributed by atoms with Gasteiger partial charge in [0.15, 0.2) is 0 Å². The average Bonchev–Trinajstić information content (AvgIpc) is 3.62. The molecule has 6 aromatic rings. The molecule has 0 spiro atoms. The van der Waals surface area contributed by atoms with E-state index in [1.165, 1.54) is 0 Å². The Morgan fingerprint density at radius 3 is 2.69 bits per heavy atom. The molecule has 0 radical (unpaired) electrons. The van der Waals surface area contributed by atoms with Crippen molar-refractivity contribution in [3.8, 4) is 33.9 Å². The average molecular weight is 478 g/mol. The number of carbonyl (C=O) groups excluding carboxylic acids is 1. The zero-order chi connectivity index (χ0) is 24.9. The predicted molar refractivity (Wildman–Crippen MR) is 138 cm³/mol. The van der Waals surface area contributed by atoms with Crippen LogP contribution in [0.4, 0.5) is 5.69 Å². The molecule has 0 atom stereocenters. The van der Waals surface area contributed by atoms with Gasteiger partial charge >= 0.3 is 0 Å². The van der Waals surface area contributed by atoms with Crippen LogP contribution in [0.5, 0.6) is 0 Å². The van der Waals surface area contributed by atoms with Crippen LogP contribution in [-0.4, -0.2) is 36.0 Å². The molecule has 178 valence electrons. The normalized spacial score (nSPS) is 11.9. The number of rotatable bonds is 4. The highest BCUT2D eigenvalue weighted by Crippen LogP contribution is 2.33. The van der Waals surface area contributed by atoms with Gasteiger partial charge in [-0.3, -0.25) is 19.9 Å². The second-order valence-electron chi connectivity index (χ2n) is 9.65. The van der Waals surface area contributed by atoms with E-state index >= 15 is 0 Å². The van der Waals surface area contributed by atoms with Gasteiger partial charge in [0.2, 0.25) is 5.91 Å². The summed E-state index contributed by atoms with van der Waals surface area (Å²) in [7, 11) is 0. The number of carbonyl (C=O) groups is 1. The highest BCUT2D eigenvalue weighted by molar-refractivity contribution is 5.99. The Morgan fingerprint density at radius 2 is 1.89 bits per heavy atom. The van der Waals surface area contributed by atoms with Gasteiger partial charge in [-0.2, -0.15) is 5.10 Å². The molecule has 6 aromatic heterocycles. The SMILES string of the molecule is CC(C)(C)C(=O)Nc1cncc(-c2ccc3[nH]nc(-c4cc5c(-c6ccoc6)nccc5[nH]4)c3n2)c1. The first kappa shape index (κ1) is 21.7. The fourth-order valence-electron chi connectivity index (χ4n) is 4.03. The molecule has 3 N–H and O–H groups in total. The minimum atomic E-state index is -0.508. The van der Waals surface area contributed by atoms with Gasteiger partial charge in [0.25, 0.3) is 0 Å². The Labute approximate surface area is 206 Å². The summed E-state index contributed by atoms with van der Waals surface area (Å²) in [5, 5.41) is 11.5. The van der Waals surface area contributed by atoms with Gasteiger partial charge in [0.1, 0.15) is 11.2 Å². The van der Waals surface area contributed by atoms with Crippen LogP contribution in [0.25, 0.3) is 55.8 Å². The summed E-state index contributed by atoms with van der Waals surface area (Å²) < 4.78 is 5.25. The highest BCUT2D eigenvalue weighted by atomic mass is 16.3. The fourth-order valence-corrected chi connectivity index (χ4v) is 4.03. The van der Waals surface area contributed by atoms with Crippen molar-refractivity contribution in [2.45, 2.75) is 20.8 Å². The van der Waals surface area contributed by atoms with Crippen molar-refractivity contribution in [1.82, 2.24) is 30.1 Å². The van der Waals surface area contributed by atoms with E-state index < -0.39 is 5.41 Å². The predicted octanol–water partition coefficient (Wildman–Crippen LogP) is 5.81. The zero-order valence-electron chi connectivity index (χ0n) is 20.0. The number of hydrogen-bond acceptors (Lipinski definition) is 6. The molecular formula is C27H23N7O2. The smallest absolute Gasteiger partial charge is 0.229 e. The van der Waals surface area contributed by atoms with Crippen molar-refractivity contribution < 1.29 is 9.21 Å². The lowest BCUT2D eigenvalue weighted by atomic mass is 9.95. The molecule has 36 heavy (non-hydrogen) atoms. The Kier molecular flexibility index (Phi) is 4.92. The van der Waals surface area contributed by atoms with Crippen molar-refractivity contribution >= 4 is 33.5 Å². The maximum absolute atomic E-state index is 12.4. The van der Waals surface area contributed by atoms with E-state index in [0.29, 0.717) is 11.4 Å². The van der Waals surface area contributed by atoms with Gasteiger partial charge in [0.05, 0.1) is 47.0 Å². The number of aromatic amines is 2. The molecular weight excluding hydrogens is 454 g/mol. The Hall–Kier alpha value is -4.79. The first-order chi connectivity index (χ1) is 17.4. The monoisotopic (exact) mass is 477 g/mol. The number of amides is 1. The number of furan rings is 1. The maximum Gasteiger partial charge on any atom is 0.229 e. The summed E-state index contributed by atoms with van der Waals surface area (Å²) in [6.07, 6.45) is 8.44. The van der Waals surface area contributed by atoms with Gasteiger partial charge in [-0.15, -0.1) is 0 Å². The van der Waals surface area contributed by atoms with Gasteiger partial charge in [-0.25, -0.2) is 4.98 Å². The third-order valence-electron chi connectivity index (χ3n) is 5.98. The molecule has 0 unspecified atom stereocenters. The van der Waals surface area contributed by atoms with Crippen LogP contribution in [0.1, 0.15) is 20.8 Å². The van der Waals surface area contributed by atoms with E-state index in [-0.39, 0.29) is 5.91 Å². The maximum atomic E-state index is 12.4. The molecule has 9 heteroatoms. The quantitative estimate of drug-likeness (QED) is 0.294. The van der Waals surface area contributed by atoms with E-state index in [9.17, 15) is 4.79 Å². The highest BCUT2D eigenvalue weighted by Gasteiger charge is 2.21. The topological polar surface area (TPSA) is 125 Å². The van der Waals surface area contributed by atoms with E-state index in [2.05, 4.69) is 30.5 Å². The van der Waals surface area contributed by atoms with Crippen LogP contribution in [0.3, 0.4) is 0 Å². The van der Waals surface area contributed by atoms with Crippen molar-refractivity contribution in [2.75, 3.05) is 5.32 Å². The van der Waals surface area contributed by atoms with Crippen molar-refractivity contribution in [1.29, 1.82) is 0 Å². The number of nitrogens with zero attached hydrogens (tertiary/aromatic N) is 4. The van der Waals surface area contributed by atoms with Gasteiger partial charge in [-0.05, 0) is 36.4 Å². The third-order valence-corrected chi connectivity index (χ3v) is 5.98. The van der Waals surface area contributed by atoms with Crippen molar-refractivity contribution in [3.05, 3.63) is 67.5 Å². The molecule has 6 rings (SSSR count). The van der Waals surface area contributed by atoms with E-state index in [4.69, 9.17) is 9.40 Å². The lowest BCUT2D eigenvalue weighted by Crippen LogP contribution is -2.27. The van der Waals surface area contributed by atoms with Crippen LogP contribution < -0.4 is 5.32 Å². The Balaban J connectivity index is 1.40. The summed E-state index contributed by atoms with van der Waals surface area (Å²) >= 11 is 0. The second kappa shape index (κ2) is 8.16. The minimum Gasteiger partial charge on any atom is -0.472 e. The largest absolute Gasteiger partial charge is 0.472 e. The molecule has 0 saturated carbocycles. The number of anilines is 1. The van der Waals surface area contributed by atoms with Gasteiger partial charge in [-0.1, -0.05) is 20.8 Å². The van der Waals surface area contributed by atoms with Crippen molar-refractivity contribution in [3.63, 3.8) is 0 Å². The lowest BCUT2D eigenvalue weighted by Gasteiger charge is -2.17. The molecule has 0 saturated heterocycles. The summed E-state index contributed by atoms with van der Waals surface area (Å²) in [4.78, 5) is 29.6. The van der Waals surface area contributed by atoms with Crippen LogP contribution in [0.2, 0.25) is 0 Å². The summed E-state index contributed by atoms with van der Waals surface area (Å²) in [6.45, 7) is 5.61. The standard InChI is InChI=1S/C27H23N7O2/c1-27(2,3)26(35)30-17-10-16(12-28-13-17)19-4-5-21-24(32-19)25(34-33-21)22-11-18-20(31-22)6-8-29-23(18)15-7-9-36-14-15/h4-14,31H,1-3H3,(H,30,35)(H,33,34). The van der Waals surface area contributed by atoms with E-state index in [1.807, 2.05) is 57.2 Å². The number of hydrogen-bond donors (Lipinski definition) is 3. The Morgan fingerprint density at radius 1 is 1.00 bits per heavy atom. The van der Waals surface area contributed by atoms with Gasteiger partial charge in [0, 0.05) is 39.8 Å². The second-order valence-corrected chi connectivity index (χ2v) is 9.65. The van der Waals surface area contributed by atoms with Crippen LogP contribution in [-0.2, 0) is 4.79 Å². The molecule has 0 aliphatic carbocycles. The zero-order valence-corrected chi connectivity index (χ0v) is 20.0. The number of nitrogens with one attached hydrogen (secondary N) is 3. The number of aromatic nitrogens is 6. The number of H-pyrrole nitrogens is 2. The third kappa shape index (κ3) is 3.80. The number of fused-ring (bicyclic) bond motifs is 2. The van der Waals surface area contributed by atoms with Crippen LogP contribution in [0.15, 0.2) is 71.9 Å². The van der Waals surface area contributed by atoms with Gasteiger partial charge < -0.3 is 14.7 Å².